The van der Waals surface area contributed by atoms with Crippen molar-refractivity contribution in [2.75, 3.05) is 0 Å². The van der Waals surface area contributed by atoms with Gasteiger partial charge < -0.3 is 0 Å². The van der Waals surface area contributed by atoms with E-state index >= 15 is 0 Å². The fraction of sp³-hybridized carbons (Fsp3) is 0.429. The first-order valence-corrected chi connectivity index (χ1v) is 5.27. The third kappa shape index (κ3) is 1.89. The Hall–Kier alpha value is -1.04. The summed E-state index contributed by atoms with van der Waals surface area (Å²) in [6, 6.07) is 0. The zero-order valence-corrected chi connectivity index (χ0v) is 8.86. The lowest BCUT2D eigenvalue weighted by Crippen LogP contribution is -2.13. The first-order chi connectivity index (χ1) is 6.78. The van der Waals surface area contributed by atoms with Crippen LogP contribution in [0.2, 0.25) is 0 Å². The normalized spacial score (nSPS) is 36.3. The second kappa shape index (κ2) is 4.99. The summed E-state index contributed by atoms with van der Waals surface area (Å²) in [7, 11) is 0. The Kier molecular flexibility index (Phi) is 3.94. The summed E-state index contributed by atoms with van der Waals surface area (Å²) in [6.07, 6.45) is 10.4. The number of allylic oxidation sites excluding steroid dienone is 4. The molecule has 1 saturated carbocycles. The third-order valence-corrected chi connectivity index (χ3v) is 3.40. The van der Waals surface area contributed by atoms with Gasteiger partial charge in [0.05, 0.1) is 0 Å². The van der Waals surface area contributed by atoms with Gasteiger partial charge in [0.1, 0.15) is 0 Å². The van der Waals surface area contributed by atoms with Crippen LogP contribution in [0.25, 0.3) is 0 Å². The minimum Gasteiger partial charge on any atom is -0.103 e. The van der Waals surface area contributed by atoms with Gasteiger partial charge in [-0.05, 0) is 36.5 Å². The minimum atomic E-state index is 0.550. The molecule has 4 atom stereocenters. The van der Waals surface area contributed by atoms with Gasteiger partial charge in [0.15, 0.2) is 0 Å². The SMILES string of the molecule is C=CCC1C(C=C)CC(C=C)C1C=C. The van der Waals surface area contributed by atoms with Crippen molar-refractivity contribution in [1.29, 1.82) is 0 Å². The van der Waals surface area contributed by atoms with Crippen LogP contribution in [-0.4, -0.2) is 0 Å². The molecule has 0 bridgehead atoms. The average Bonchev–Trinajstić information content (AvgIpc) is 2.56. The molecule has 0 nitrogen and oxygen atoms in total. The molecule has 0 amide bonds. The van der Waals surface area contributed by atoms with Gasteiger partial charge in [-0.3, -0.25) is 0 Å². The zero-order chi connectivity index (χ0) is 10.6. The highest BCUT2D eigenvalue weighted by atomic mass is 14.4. The minimum absolute atomic E-state index is 0.550. The Morgan fingerprint density at radius 2 is 1.57 bits per heavy atom. The largest absolute Gasteiger partial charge is 0.103 e. The maximum absolute atomic E-state index is 3.93. The molecule has 0 heteroatoms. The number of hydrogen-bond acceptors (Lipinski definition) is 0. The van der Waals surface area contributed by atoms with Crippen molar-refractivity contribution >= 4 is 0 Å². The standard InChI is InChI=1S/C14H20/c1-5-9-14-12(7-3)10-11(6-2)13(14)8-4/h5-8,11-14H,1-4,9-10H2. The second-order valence-corrected chi connectivity index (χ2v) is 4.04. The second-order valence-electron chi connectivity index (χ2n) is 4.04. The molecule has 0 saturated heterocycles. The first kappa shape index (κ1) is 11.0. The fourth-order valence-electron chi connectivity index (χ4n) is 2.65. The third-order valence-electron chi connectivity index (χ3n) is 3.40. The van der Waals surface area contributed by atoms with E-state index in [0.717, 1.165) is 6.42 Å². The van der Waals surface area contributed by atoms with E-state index < -0.39 is 0 Å². The molecular formula is C14H20. The van der Waals surface area contributed by atoms with Gasteiger partial charge in [0, 0.05) is 0 Å². The van der Waals surface area contributed by atoms with Crippen LogP contribution in [0.3, 0.4) is 0 Å². The van der Waals surface area contributed by atoms with Crippen LogP contribution in [0, 0.1) is 23.7 Å². The van der Waals surface area contributed by atoms with Crippen molar-refractivity contribution in [3.63, 3.8) is 0 Å². The highest BCUT2D eigenvalue weighted by molar-refractivity contribution is 5.08. The summed E-state index contributed by atoms with van der Waals surface area (Å²) < 4.78 is 0. The Bertz CT molecular complexity index is 236. The van der Waals surface area contributed by atoms with E-state index in [0.29, 0.717) is 23.7 Å². The maximum atomic E-state index is 3.93. The lowest BCUT2D eigenvalue weighted by atomic mass is 9.84. The summed E-state index contributed by atoms with van der Waals surface area (Å²) in [4.78, 5) is 0. The van der Waals surface area contributed by atoms with Crippen LogP contribution < -0.4 is 0 Å². The van der Waals surface area contributed by atoms with Gasteiger partial charge in [-0.25, -0.2) is 0 Å². The summed E-state index contributed by atoms with van der Waals surface area (Å²) in [5.74, 6) is 2.35. The van der Waals surface area contributed by atoms with Crippen LogP contribution >= 0.6 is 0 Å². The molecule has 0 aliphatic heterocycles. The number of hydrogen-bond donors (Lipinski definition) is 0. The quantitative estimate of drug-likeness (QED) is 0.572. The predicted octanol–water partition coefficient (Wildman–Crippen LogP) is 3.99. The van der Waals surface area contributed by atoms with E-state index in [9.17, 15) is 0 Å². The lowest BCUT2D eigenvalue weighted by Gasteiger charge is -2.20. The zero-order valence-electron chi connectivity index (χ0n) is 8.86. The van der Waals surface area contributed by atoms with Crippen molar-refractivity contribution in [2.45, 2.75) is 12.8 Å². The highest BCUT2D eigenvalue weighted by Gasteiger charge is 2.37. The van der Waals surface area contributed by atoms with Crippen LogP contribution in [0.4, 0.5) is 0 Å². The fourth-order valence-corrected chi connectivity index (χ4v) is 2.65. The van der Waals surface area contributed by atoms with Gasteiger partial charge in [-0.2, -0.15) is 0 Å². The lowest BCUT2D eigenvalue weighted by molar-refractivity contribution is 0.389. The van der Waals surface area contributed by atoms with Gasteiger partial charge in [-0.1, -0.05) is 24.3 Å². The monoisotopic (exact) mass is 188 g/mol. The molecule has 76 valence electrons. The molecule has 4 unspecified atom stereocenters. The van der Waals surface area contributed by atoms with Crippen LogP contribution in [0.1, 0.15) is 12.8 Å². The van der Waals surface area contributed by atoms with Gasteiger partial charge in [0.25, 0.3) is 0 Å². The van der Waals surface area contributed by atoms with E-state index in [1.165, 1.54) is 6.42 Å². The van der Waals surface area contributed by atoms with E-state index in [1.54, 1.807) is 0 Å². The summed E-state index contributed by atoms with van der Waals surface area (Å²) in [5, 5.41) is 0. The van der Waals surface area contributed by atoms with Crippen molar-refractivity contribution in [1.82, 2.24) is 0 Å². The van der Waals surface area contributed by atoms with Crippen molar-refractivity contribution in [3.05, 3.63) is 50.6 Å². The van der Waals surface area contributed by atoms with E-state index in [4.69, 9.17) is 0 Å². The Balaban J connectivity index is 2.84. The Morgan fingerprint density at radius 3 is 2.00 bits per heavy atom. The molecule has 1 aliphatic carbocycles. The van der Waals surface area contributed by atoms with Crippen LogP contribution in [0.15, 0.2) is 50.6 Å². The van der Waals surface area contributed by atoms with E-state index in [-0.39, 0.29) is 0 Å². The van der Waals surface area contributed by atoms with Gasteiger partial charge >= 0.3 is 0 Å². The molecule has 14 heavy (non-hydrogen) atoms. The highest BCUT2D eigenvalue weighted by Crippen LogP contribution is 2.45. The Labute approximate surface area is 87.7 Å². The van der Waals surface area contributed by atoms with Crippen molar-refractivity contribution in [3.8, 4) is 0 Å². The van der Waals surface area contributed by atoms with Gasteiger partial charge in [0.2, 0.25) is 0 Å². The number of rotatable bonds is 5. The van der Waals surface area contributed by atoms with E-state index in [1.807, 2.05) is 6.08 Å². The molecule has 0 spiro atoms. The summed E-state index contributed by atoms with van der Waals surface area (Å²) in [6.45, 7) is 15.5. The summed E-state index contributed by atoms with van der Waals surface area (Å²) in [5.41, 5.74) is 0. The van der Waals surface area contributed by atoms with Crippen molar-refractivity contribution < 1.29 is 0 Å². The molecular weight excluding hydrogens is 168 g/mol. The molecule has 1 fully saturated rings. The predicted molar refractivity (Wildman–Crippen MR) is 64.0 cm³/mol. The van der Waals surface area contributed by atoms with Crippen LogP contribution in [0.5, 0.6) is 0 Å². The maximum Gasteiger partial charge on any atom is -0.0136 e. The van der Waals surface area contributed by atoms with Crippen molar-refractivity contribution in [2.24, 2.45) is 23.7 Å². The topological polar surface area (TPSA) is 0 Å². The molecule has 0 aromatic carbocycles. The van der Waals surface area contributed by atoms with E-state index in [2.05, 4.69) is 44.5 Å². The van der Waals surface area contributed by atoms with Gasteiger partial charge in [-0.15, -0.1) is 26.3 Å². The average molecular weight is 188 g/mol. The molecule has 0 N–H and O–H groups in total. The Morgan fingerprint density at radius 1 is 0.929 bits per heavy atom. The summed E-state index contributed by atoms with van der Waals surface area (Å²) >= 11 is 0. The molecule has 0 radical (unpaired) electrons. The molecule has 0 aromatic rings. The molecule has 0 aromatic heterocycles. The first-order valence-electron chi connectivity index (χ1n) is 5.27. The molecule has 1 aliphatic rings. The van der Waals surface area contributed by atoms with Crippen LogP contribution in [-0.2, 0) is 0 Å². The molecule has 1 rings (SSSR count). The molecule has 0 heterocycles. The smallest absolute Gasteiger partial charge is 0.0136 e.